The molecule has 34 heavy (non-hydrogen) atoms. The second kappa shape index (κ2) is 9.06. The van der Waals surface area contributed by atoms with Crippen molar-refractivity contribution < 1.29 is 14.3 Å². The third-order valence-electron chi connectivity index (χ3n) is 6.46. The molecule has 1 saturated carbocycles. The van der Waals surface area contributed by atoms with Gasteiger partial charge >= 0.3 is 0 Å². The van der Waals surface area contributed by atoms with E-state index in [1.165, 1.54) is 11.3 Å². The van der Waals surface area contributed by atoms with Gasteiger partial charge in [0.25, 0.3) is 5.91 Å². The van der Waals surface area contributed by atoms with Crippen LogP contribution in [-0.2, 0) is 11.2 Å². The van der Waals surface area contributed by atoms with Gasteiger partial charge in [0.15, 0.2) is 5.13 Å². The van der Waals surface area contributed by atoms with Crippen LogP contribution in [-0.4, -0.2) is 35.0 Å². The Morgan fingerprint density at radius 1 is 1.15 bits per heavy atom. The van der Waals surface area contributed by atoms with E-state index >= 15 is 0 Å². The van der Waals surface area contributed by atoms with Crippen LogP contribution in [0.1, 0.15) is 40.0 Å². The quantitative estimate of drug-likeness (QED) is 0.361. The van der Waals surface area contributed by atoms with Gasteiger partial charge in [0.05, 0.1) is 19.0 Å². The Morgan fingerprint density at radius 2 is 1.91 bits per heavy atom. The van der Waals surface area contributed by atoms with Crippen LogP contribution >= 0.6 is 11.3 Å². The molecular weight excluding hydrogens is 446 g/mol. The zero-order chi connectivity index (χ0) is 23.8. The second-order valence-corrected chi connectivity index (χ2v) is 9.77. The number of aryl methyl sites for hydroxylation is 1. The summed E-state index contributed by atoms with van der Waals surface area (Å²) in [4.78, 5) is 33.3. The lowest BCUT2D eigenvalue weighted by Crippen LogP contribution is -2.34. The third-order valence-corrected chi connectivity index (χ3v) is 7.25. The summed E-state index contributed by atoms with van der Waals surface area (Å²) in [5.74, 6) is 1.12. The molecule has 0 atom stereocenters. The van der Waals surface area contributed by atoms with Crippen molar-refractivity contribution in [2.75, 3.05) is 18.6 Å². The lowest BCUT2D eigenvalue weighted by molar-refractivity contribution is -0.118. The topological polar surface area (TPSA) is 64.4 Å². The monoisotopic (exact) mass is 473 g/mol. The van der Waals surface area contributed by atoms with Crippen LogP contribution in [0.4, 0.5) is 5.13 Å². The predicted octanol–water partition coefficient (Wildman–Crippen LogP) is 5.40. The van der Waals surface area contributed by atoms with Crippen LogP contribution in [0.3, 0.4) is 0 Å². The van der Waals surface area contributed by atoms with Crippen LogP contribution in [0.25, 0.3) is 10.9 Å². The maximum Gasteiger partial charge on any atom is 0.262 e. The third kappa shape index (κ3) is 4.23. The molecule has 1 fully saturated rings. The number of anilines is 1. The van der Waals surface area contributed by atoms with E-state index in [1.807, 2.05) is 66.6 Å². The van der Waals surface area contributed by atoms with Crippen LogP contribution < -0.4 is 9.64 Å². The molecule has 2 aromatic heterocycles. The van der Waals surface area contributed by atoms with Crippen molar-refractivity contribution in [1.29, 1.82) is 0 Å². The van der Waals surface area contributed by atoms with Crippen LogP contribution in [0.15, 0.2) is 54.0 Å². The smallest absolute Gasteiger partial charge is 0.262 e. The SMILES string of the molecule is COc1ccc2c(c1)c(CC(=O)N(CC1CC1)c1nccs1)c(C)n2C(=O)c1ccc(C)cc1. The van der Waals surface area contributed by atoms with Crippen molar-refractivity contribution in [2.24, 2.45) is 5.92 Å². The number of amides is 1. The van der Waals surface area contributed by atoms with Gasteiger partial charge in [0, 0.05) is 34.8 Å². The lowest BCUT2D eigenvalue weighted by Gasteiger charge is -2.20. The Hall–Kier alpha value is -3.45. The van der Waals surface area contributed by atoms with Crippen LogP contribution in [0, 0.1) is 19.8 Å². The first kappa shape index (κ1) is 22.3. The van der Waals surface area contributed by atoms with E-state index in [0.29, 0.717) is 23.8 Å². The van der Waals surface area contributed by atoms with Gasteiger partial charge in [-0.3, -0.25) is 19.1 Å². The van der Waals surface area contributed by atoms with Gasteiger partial charge in [0.2, 0.25) is 5.91 Å². The Kier molecular flexibility index (Phi) is 5.96. The van der Waals surface area contributed by atoms with E-state index in [9.17, 15) is 9.59 Å². The molecule has 5 rings (SSSR count). The molecule has 0 saturated heterocycles. The van der Waals surface area contributed by atoms with Crippen molar-refractivity contribution in [3.8, 4) is 5.75 Å². The summed E-state index contributed by atoms with van der Waals surface area (Å²) in [5, 5.41) is 3.48. The molecule has 7 heteroatoms. The van der Waals surface area contributed by atoms with Gasteiger partial charge in [-0.15, -0.1) is 11.3 Å². The minimum absolute atomic E-state index is 0.00500. The van der Waals surface area contributed by atoms with E-state index in [-0.39, 0.29) is 18.2 Å². The van der Waals surface area contributed by atoms with Crippen LogP contribution in [0.5, 0.6) is 5.75 Å². The normalized spacial score (nSPS) is 13.3. The number of ether oxygens (including phenoxy) is 1. The zero-order valence-corrected chi connectivity index (χ0v) is 20.4. The molecule has 0 unspecified atom stereocenters. The second-order valence-electron chi connectivity index (χ2n) is 8.89. The maximum absolute atomic E-state index is 13.6. The van der Waals surface area contributed by atoms with Crippen molar-refractivity contribution in [3.05, 3.63) is 76.4 Å². The highest BCUT2D eigenvalue weighted by Gasteiger charge is 2.30. The highest BCUT2D eigenvalue weighted by Crippen LogP contribution is 2.34. The van der Waals surface area contributed by atoms with Gasteiger partial charge in [-0.1, -0.05) is 17.7 Å². The molecular formula is C27H27N3O3S. The average Bonchev–Trinajstić information content (AvgIpc) is 3.42. The van der Waals surface area contributed by atoms with E-state index in [2.05, 4.69) is 4.98 Å². The summed E-state index contributed by atoms with van der Waals surface area (Å²) in [7, 11) is 1.62. The Labute approximate surface area is 202 Å². The van der Waals surface area contributed by atoms with Gasteiger partial charge < -0.3 is 4.74 Å². The highest BCUT2D eigenvalue weighted by molar-refractivity contribution is 7.13. The largest absolute Gasteiger partial charge is 0.497 e. The van der Waals surface area contributed by atoms with Gasteiger partial charge in [-0.2, -0.15) is 0 Å². The summed E-state index contributed by atoms with van der Waals surface area (Å²) in [6, 6.07) is 13.2. The number of aromatic nitrogens is 2. The molecule has 0 bridgehead atoms. The molecule has 0 aliphatic heterocycles. The number of carbonyl (C=O) groups excluding carboxylic acids is 2. The molecule has 0 spiro atoms. The molecule has 0 radical (unpaired) electrons. The van der Waals surface area contributed by atoms with Gasteiger partial charge in [0.1, 0.15) is 5.75 Å². The van der Waals surface area contributed by atoms with Gasteiger partial charge in [-0.25, -0.2) is 4.98 Å². The van der Waals surface area contributed by atoms with E-state index in [0.717, 1.165) is 45.7 Å². The average molecular weight is 474 g/mol. The summed E-state index contributed by atoms with van der Waals surface area (Å²) >= 11 is 1.48. The Bertz CT molecular complexity index is 1350. The standard InChI is InChI=1S/C27H27N3O3S/c1-17-4-8-20(9-5-17)26(32)30-18(2)22(23-14-21(33-3)10-11-24(23)30)15-25(31)29(16-19-6-7-19)27-28-12-13-34-27/h4-5,8-14,19H,6-7,15-16H2,1-3H3. The number of carbonyl (C=O) groups is 2. The Balaban J connectivity index is 1.57. The minimum atomic E-state index is -0.110. The first-order valence-electron chi connectivity index (χ1n) is 11.5. The van der Waals surface area contributed by atoms with Crippen molar-refractivity contribution in [3.63, 3.8) is 0 Å². The number of benzene rings is 2. The molecule has 174 valence electrons. The number of methoxy groups -OCH3 is 1. The van der Waals surface area contributed by atoms with E-state index in [1.54, 1.807) is 17.9 Å². The van der Waals surface area contributed by atoms with Crippen LogP contribution in [0.2, 0.25) is 0 Å². The molecule has 1 aliphatic carbocycles. The number of nitrogens with zero attached hydrogens (tertiary/aromatic N) is 3. The summed E-state index contributed by atoms with van der Waals surface area (Å²) in [6.07, 6.45) is 4.22. The molecule has 1 amide bonds. The number of rotatable bonds is 7. The number of hydrogen-bond acceptors (Lipinski definition) is 5. The van der Waals surface area contributed by atoms with Crippen molar-refractivity contribution >= 4 is 39.2 Å². The first-order chi connectivity index (χ1) is 16.5. The van der Waals surface area contributed by atoms with E-state index in [4.69, 9.17) is 4.74 Å². The fraction of sp³-hybridized carbons (Fsp3) is 0.296. The van der Waals surface area contributed by atoms with E-state index < -0.39 is 0 Å². The molecule has 2 heterocycles. The molecule has 1 aliphatic rings. The predicted molar refractivity (Wildman–Crippen MR) is 135 cm³/mol. The Morgan fingerprint density at radius 3 is 2.56 bits per heavy atom. The maximum atomic E-state index is 13.6. The summed E-state index contributed by atoms with van der Waals surface area (Å²) in [5.41, 5.74) is 4.09. The fourth-order valence-corrected chi connectivity index (χ4v) is 5.01. The molecule has 4 aromatic rings. The lowest BCUT2D eigenvalue weighted by atomic mass is 10.1. The minimum Gasteiger partial charge on any atom is -0.497 e. The summed E-state index contributed by atoms with van der Waals surface area (Å²) in [6.45, 7) is 4.60. The summed E-state index contributed by atoms with van der Waals surface area (Å²) < 4.78 is 7.18. The highest BCUT2D eigenvalue weighted by atomic mass is 32.1. The van der Waals surface area contributed by atoms with Gasteiger partial charge in [-0.05, 0) is 68.5 Å². The molecule has 0 N–H and O–H groups in total. The molecule has 2 aromatic carbocycles. The van der Waals surface area contributed by atoms with Crippen molar-refractivity contribution in [1.82, 2.24) is 9.55 Å². The zero-order valence-electron chi connectivity index (χ0n) is 19.6. The number of thiazole rings is 1. The van der Waals surface area contributed by atoms with Crippen molar-refractivity contribution in [2.45, 2.75) is 33.1 Å². The fourth-order valence-electron chi connectivity index (χ4n) is 4.34. The number of fused-ring (bicyclic) bond motifs is 1. The number of hydrogen-bond donors (Lipinski definition) is 0. The molecule has 6 nitrogen and oxygen atoms in total. The first-order valence-corrected chi connectivity index (χ1v) is 12.3.